The Labute approximate surface area is 127 Å². The topological polar surface area (TPSA) is 34.9 Å². The highest BCUT2D eigenvalue weighted by atomic mass is 79.9. The third-order valence-corrected chi connectivity index (χ3v) is 3.60. The molecule has 0 spiro atoms. The highest BCUT2D eigenvalue weighted by molar-refractivity contribution is 9.10. The Bertz CT molecular complexity index is 921. The molecule has 1 heterocycles. The van der Waals surface area contributed by atoms with Gasteiger partial charge in [0.25, 0.3) is 0 Å². The molecule has 0 radical (unpaired) electrons. The van der Waals surface area contributed by atoms with Crippen LogP contribution in [0.4, 0.5) is 4.39 Å². The van der Waals surface area contributed by atoms with Crippen molar-refractivity contribution in [2.45, 2.75) is 6.85 Å². The van der Waals surface area contributed by atoms with E-state index in [9.17, 15) is 9.18 Å². The lowest BCUT2D eigenvalue weighted by atomic mass is 10.1. The number of benzene rings is 2. The number of Topliss-reactive ketones (excluding diaryl/α,β-unsaturated/α-hetero) is 1. The van der Waals surface area contributed by atoms with Gasteiger partial charge < -0.3 is 0 Å². The van der Waals surface area contributed by atoms with Crippen LogP contribution in [0.5, 0.6) is 0 Å². The van der Waals surface area contributed by atoms with E-state index in [-0.39, 0.29) is 11.4 Å². The molecule has 0 aliphatic heterocycles. The first-order chi connectivity index (χ1) is 10.8. The molecule has 3 rings (SSSR count). The molecule has 2 aromatic carbocycles. The normalized spacial score (nSPS) is 13.8. The van der Waals surface area contributed by atoms with Gasteiger partial charge in [-0.15, -0.1) is 0 Å². The summed E-state index contributed by atoms with van der Waals surface area (Å²) in [5.41, 5.74) is 1.95. The van der Waals surface area contributed by atoms with Crippen LogP contribution in [0, 0.1) is 5.82 Å². The van der Waals surface area contributed by atoms with Crippen molar-refractivity contribution < 1.29 is 13.3 Å². The summed E-state index contributed by atoms with van der Waals surface area (Å²) in [5.74, 6) is -1.29. The van der Waals surface area contributed by atoms with E-state index >= 15 is 0 Å². The second-order valence-electron chi connectivity index (χ2n) is 4.25. The minimum atomic E-state index is -2.68. The molecule has 0 saturated heterocycles. The third kappa shape index (κ3) is 2.14. The first kappa shape index (κ1) is 9.83. The summed E-state index contributed by atoms with van der Waals surface area (Å²) < 4.78 is 36.9. The number of carbonyl (C=O) groups excluding carboxylic acids is 1. The van der Waals surface area contributed by atoms with Crippen molar-refractivity contribution in [2.24, 2.45) is 0 Å². The number of halogens is 2. The largest absolute Gasteiger partial charge is 0.299 e. The van der Waals surface area contributed by atoms with Crippen molar-refractivity contribution in [3.05, 3.63) is 58.6 Å². The van der Waals surface area contributed by atoms with Gasteiger partial charge >= 0.3 is 0 Å². The first-order valence-corrected chi connectivity index (χ1v) is 6.54. The van der Waals surface area contributed by atoms with Gasteiger partial charge in [0.05, 0.1) is 15.5 Å². The molecular weight excluding hydrogens is 323 g/mol. The lowest BCUT2D eigenvalue weighted by Crippen LogP contribution is -1.94. The zero-order valence-corrected chi connectivity index (χ0v) is 11.7. The predicted octanol–water partition coefficient (Wildman–Crippen LogP) is 4.13. The van der Waals surface area contributed by atoms with Crippen molar-refractivity contribution >= 4 is 32.7 Å². The van der Waals surface area contributed by atoms with Gasteiger partial charge in [0.2, 0.25) is 0 Å². The standard InChI is InChI=1S/C15H10BrFN2O/c1-9(20)10-2-5-15-14(6-10)18-8-19(15)11-3-4-13(17)12(16)7-11/h2-8H,1H3/i1D3. The van der Waals surface area contributed by atoms with Crippen molar-refractivity contribution in [1.29, 1.82) is 0 Å². The van der Waals surface area contributed by atoms with E-state index in [0.717, 1.165) is 0 Å². The summed E-state index contributed by atoms with van der Waals surface area (Å²) in [6.45, 7) is -2.68. The second-order valence-corrected chi connectivity index (χ2v) is 5.10. The quantitative estimate of drug-likeness (QED) is 0.660. The van der Waals surface area contributed by atoms with Crippen molar-refractivity contribution in [3.8, 4) is 5.69 Å². The van der Waals surface area contributed by atoms with Crippen LogP contribution in [-0.4, -0.2) is 15.3 Å². The van der Waals surface area contributed by atoms with Gasteiger partial charge in [0.15, 0.2) is 5.78 Å². The Morgan fingerprint density at radius 2 is 2.20 bits per heavy atom. The van der Waals surface area contributed by atoms with Crippen molar-refractivity contribution in [2.75, 3.05) is 0 Å². The molecule has 0 amide bonds. The molecule has 0 bridgehead atoms. The van der Waals surface area contributed by atoms with Crippen LogP contribution in [0.15, 0.2) is 47.2 Å². The number of aromatic nitrogens is 2. The van der Waals surface area contributed by atoms with E-state index in [4.69, 9.17) is 4.11 Å². The number of hydrogen-bond acceptors (Lipinski definition) is 2. The van der Waals surface area contributed by atoms with Gasteiger partial charge in [0, 0.05) is 15.4 Å². The van der Waals surface area contributed by atoms with Gasteiger partial charge in [-0.1, -0.05) is 0 Å². The highest BCUT2D eigenvalue weighted by Crippen LogP contribution is 2.23. The zero-order valence-electron chi connectivity index (χ0n) is 13.1. The summed E-state index contributed by atoms with van der Waals surface area (Å²) in [5, 5.41) is 0. The Balaban J connectivity index is 2.09. The molecule has 20 heavy (non-hydrogen) atoms. The number of rotatable bonds is 2. The van der Waals surface area contributed by atoms with Crippen LogP contribution in [-0.2, 0) is 0 Å². The number of ketones is 1. The summed E-state index contributed by atoms with van der Waals surface area (Å²) >= 11 is 3.13. The van der Waals surface area contributed by atoms with Crippen LogP contribution < -0.4 is 0 Å². The predicted molar refractivity (Wildman–Crippen MR) is 78.7 cm³/mol. The van der Waals surface area contributed by atoms with E-state index in [1.165, 1.54) is 24.5 Å². The molecule has 5 heteroatoms. The van der Waals surface area contributed by atoms with Crippen LogP contribution in [0.1, 0.15) is 21.3 Å². The third-order valence-electron chi connectivity index (χ3n) is 2.99. The van der Waals surface area contributed by atoms with Crippen LogP contribution in [0.25, 0.3) is 16.7 Å². The SMILES string of the molecule is [2H]C([2H])([2H])C(=O)c1ccc2c(c1)ncn2-c1ccc(F)c(Br)c1. The minimum absolute atomic E-state index is 0.0861. The van der Waals surface area contributed by atoms with Gasteiger partial charge in [-0.2, -0.15) is 0 Å². The van der Waals surface area contributed by atoms with Crippen molar-refractivity contribution in [1.82, 2.24) is 9.55 Å². The maximum absolute atomic E-state index is 13.3. The van der Waals surface area contributed by atoms with Crippen LogP contribution in [0.2, 0.25) is 0 Å². The fourth-order valence-electron chi connectivity index (χ4n) is 1.99. The maximum atomic E-state index is 13.3. The number of nitrogens with zero attached hydrogens (tertiary/aromatic N) is 2. The molecule has 0 unspecified atom stereocenters. The van der Waals surface area contributed by atoms with Gasteiger partial charge in [-0.25, -0.2) is 9.37 Å². The maximum Gasteiger partial charge on any atom is 0.159 e. The Hall–Kier alpha value is -2.01. The van der Waals surface area contributed by atoms with E-state index in [0.29, 0.717) is 21.2 Å². The number of fused-ring (bicyclic) bond motifs is 1. The molecule has 0 fully saturated rings. The lowest BCUT2D eigenvalue weighted by Gasteiger charge is -2.05. The number of hydrogen-bond donors (Lipinski definition) is 0. The van der Waals surface area contributed by atoms with Crippen molar-refractivity contribution in [3.63, 3.8) is 0 Å². The number of imidazole rings is 1. The van der Waals surface area contributed by atoms with E-state index < -0.39 is 12.6 Å². The first-order valence-electron chi connectivity index (χ1n) is 7.25. The highest BCUT2D eigenvalue weighted by Gasteiger charge is 2.09. The minimum Gasteiger partial charge on any atom is -0.299 e. The Morgan fingerprint density at radius 3 is 2.95 bits per heavy atom. The van der Waals surface area contributed by atoms with Crippen LogP contribution >= 0.6 is 15.9 Å². The fourth-order valence-corrected chi connectivity index (χ4v) is 2.36. The summed E-state index contributed by atoms with van der Waals surface area (Å²) in [6.07, 6.45) is 1.54. The summed E-state index contributed by atoms with van der Waals surface area (Å²) in [6, 6.07) is 9.06. The smallest absolute Gasteiger partial charge is 0.159 e. The van der Waals surface area contributed by atoms with E-state index in [1.54, 1.807) is 22.8 Å². The molecule has 3 aromatic rings. The molecule has 0 atom stereocenters. The average molecular weight is 336 g/mol. The molecule has 1 aromatic heterocycles. The van der Waals surface area contributed by atoms with Gasteiger partial charge in [-0.3, -0.25) is 9.36 Å². The van der Waals surface area contributed by atoms with E-state index in [1.807, 2.05) is 0 Å². The van der Waals surface area contributed by atoms with E-state index in [2.05, 4.69) is 20.9 Å². The molecule has 100 valence electrons. The fraction of sp³-hybridized carbons (Fsp3) is 0.0667. The number of carbonyl (C=O) groups is 1. The Kier molecular flexibility index (Phi) is 2.37. The Morgan fingerprint density at radius 1 is 1.35 bits per heavy atom. The van der Waals surface area contributed by atoms with Gasteiger partial charge in [0.1, 0.15) is 12.1 Å². The molecule has 0 saturated carbocycles. The summed E-state index contributed by atoms with van der Waals surface area (Å²) in [7, 11) is 0. The lowest BCUT2D eigenvalue weighted by molar-refractivity contribution is 0.101. The molecule has 0 N–H and O–H groups in total. The summed E-state index contributed by atoms with van der Waals surface area (Å²) in [4.78, 5) is 16.0. The average Bonchev–Trinajstić information content (AvgIpc) is 2.91. The molecular formula is C15H10BrFN2O. The monoisotopic (exact) mass is 335 g/mol. The molecule has 0 aliphatic rings. The zero-order chi connectivity index (χ0) is 16.8. The molecule has 0 aliphatic carbocycles. The van der Waals surface area contributed by atoms with Gasteiger partial charge in [-0.05, 0) is 59.2 Å². The second kappa shape index (κ2) is 4.83. The van der Waals surface area contributed by atoms with Crippen LogP contribution in [0.3, 0.4) is 0 Å². The molecule has 3 nitrogen and oxygen atoms in total.